The number of fused-ring (bicyclic) bond motifs is 1. The first kappa shape index (κ1) is 19.2. The summed E-state index contributed by atoms with van der Waals surface area (Å²) in [5.74, 6) is 0.818. The molecule has 0 aliphatic carbocycles. The minimum Gasteiger partial charge on any atom is -0.368 e. The summed E-state index contributed by atoms with van der Waals surface area (Å²) in [6, 6.07) is 22.6. The minimum atomic E-state index is -0.107. The molecule has 0 saturated carbocycles. The maximum absolute atomic E-state index is 12.2. The fourth-order valence-corrected chi connectivity index (χ4v) is 3.70. The van der Waals surface area contributed by atoms with Gasteiger partial charge in [0, 0.05) is 44.2 Å². The van der Waals surface area contributed by atoms with Gasteiger partial charge in [0.2, 0.25) is 0 Å². The van der Waals surface area contributed by atoms with Crippen LogP contribution in [0, 0.1) is 0 Å². The van der Waals surface area contributed by atoms with Gasteiger partial charge >= 0.3 is 6.03 Å². The summed E-state index contributed by atoms with van der Waals surface area (Å²) in [6.45, 7) is 4.00. The molecule has 1 aliphatic heterocycles. The van der Waals surface area contributed by atoms with E-state index < -0.39 is 0 Å². The van der Waals surface area contributed by atoms with Crippen LogP contribution < -0.4 is 16.0 Å². The Morgan fingerprint density at radius 2 is 1.83 bits per heavy atom. The first-order chi connectivity index (χ1) is 14.3. The predicted molar refractivity (Wildman–Crippen MR) is 117 cm³/mol. The lowest BCUT2D eigenvalue weighted by Gasteiger charge is -2.17. The molecule has 0 radical (unpaired) electrons. The molecule has 1 fully saturated rings. The Labute approximate surface area is 171 Å². The normalized spacial score (nSPS) is 16.6. The molecule has 4 rings (SSSR count). The Morgan fingerprint density at radius 3 is 2.72 bits per heavy atom. The van der Waals surface area contributed by atoms with E-state index in [-0.39, 0.29) is 12.1 Å². The van der Waals surface area contributed by atoms with E-state index in [1.807, 2.05) is 42.5 Å². The maximum atomic E-state index is 12.2. The third-order valence-corrected chi connectivity index (χ3v) is 5.17. The highest BCUT2D eigenvalue weighted by molar-refractivity contribution is 5.80. The lowest BCUT2D eigenvalue weighted by Crippen LogP contribution is -2.44. The number of aromatic nitrogens is 1. The highest BCUT2D eigenvalue weighted by atomic mass is 16.2. The molecule has 1 atom stereocenters. The molecule has 1 unspecified atom stereocenters. The number of anilines is 1. The van der Waals surface area contributed by atoms with Crippen molar-refractivity contribution in [2.24, 2.45) is 0 Å². The van der Waals surface area contributed by atoms with E-state index in [9.17, 15) is 4.79 Å². The Bertz CT molecular complexity index is 946. The standard InChI is InChI=1S/C23H27N5O/c29-23(26-20-12-15-28(17-20)16-18-6-2-1-3-7-18)25-14-13-24-22-11-10-19-8-4-5-9-21(19)27-22/h1-11,20H,12-17H2,(H,24,27)(H2,25,26,29). The van der Waals surface area contributed by atoms with Gasteiger partial charge < -0.3 is 16.0 Å². The monoisotopic (exact) mass is 389 g/mol. The first-order valence-electron chi connectivity index (χ1n) is 10.2. The molecule has 1 aliphatic rings. The van der Waals surface area contributed by atoms with Crippen LogP contribution in [0.5, 0.6) is 0 Å². The molecule has 3 aromatic rings. The third kappa shape index (κ3) is 5.45. The Balaban J connectivity index is 1.15. The second-order valence-electron chi connectivity index (χ2n) is 7.42. The number of amides is 2. The van der Waals surface area contributed by atoms with E-state index in [1.165, 1.54) is 5.56 Å². The SMILES string of the molecule is O=C(NCCNc1ccc2ccccc2n1)NC1CCN(Cc2ccccc2)C1. The van der Waals surface area contributed by atoms with Gasteiger partial charge in [-0.2, -0.15) is 0 Å². The lowest BCUT2D eigenvalue weighted by atomic mass is 10.2. The largest absolute Gasteiger partial charge is 0.368 e. The van der Waals surface area contributed by atoms with E-state index in [4.69, 9.17) is 0 Å². The molecule has 29 heavy (non-hydrogen) atoms. The van der Waals surface area contributed by atoms with Gasteiger partial charge in [0.05, 0.1) is 5.52 Å². The number of benzene rings is 2. The van der Waals surface area contributed by atoms with Crippen LogP contribution in [-0.4, -0.2) is 48.1 Å². The molecule has 6 heteroatoms. The van der Waals surface area contributed by atoms with Crippen LogP contribution >= 0.6 is 0 Å². The van der Waals surface area contributed by atoms with Crippen molar-refractivity contribution < 1.29 is 4.79 Å². The molecular formula is C23H27N5O. The van der Waals surface area contributed by atoms with Crippen molar-refractivity contribution in [1.82, 2.24) is 20.5 Å². The second kappa shape index (κ2) is 9.39. The fraction of sp³-hybridized carbons (Fsp3) is 0.304. The Hall–Kier alpha value is -3.12. The summed E-state index contributed by atoms with van der Waals surface area (Å²) in [5, 5.41) is 10.4. The Morgan fingerprint density at radius 1 is 1.00 bits per heavy atom. The van der Waals surface area contributed by atoms with E-state index in [2.05, 4.69) is 50.1 Å². The van der Waals surface area contributed by atoms with Crippen LogP contribution in [-0.2, 0) is 6.54 Å². The van der Waals surface area contributed by atoms with Gasteiger partial charge in [-0.1, -0.05) is 48.5 Å². The molecule has 0 spiro atoms. The van der Waals surface area contributed by atoms with Crippen LogP contribution in [0.25, 0.3) is 10.9 Å². The zero-order valence-electron chi connectivity index (χ0n) is 16.5. The minimum absolute atomic E-state index is 0.107. The van der Waals surface area contributed by atoms with Gasteiger partial charge in [0.1, 0.15) is 5.82 Å². The highest BCUT2D eigenvalue weighted by Gasteiger charge is 2.23. The van der Waals surface area contributed by atoms with Crippen molar-refractivity contribution in [1.29, 1.82) is 0 Å². The van der Waals surface area contributed by atoms with Gasteiger partial charge in [-0.3, -0.25) is 4.90 Å². The van der Waals surface area contributed by atoms with E-state index in [0.717, 1.165) is 42.8 Å². The van der Waals surface area contributed by atoms with E-state index >= 15 is 0 Å². The number of nitrogens with zero attached hydrogens (tertiary/aromatic N) is 2. The fourth-order valence-electron chi connectivity index (χ4n) is 3.70. The summed E-state index contributed by atoms with van der Waals surface area (Å²) in [6.07, 6.45) is 0.986. The van der Waals surface area contributed by atoms with Crippen LogP contribution in [0.1, 0.15) is 12.0 Å². The number of rotatable bonds is 7. The van der Waals surface area contributed by atoms with Crippen molar-refractivity contribution in [3.8, 4) is 0 Å². The molecular weight excluding hydrogens is 362 g/mol. The average Bonchev–Trinajstić information content (AvgIpc) is 3.18. The molecule has 2 amide bonds. The zero-order valence-corrected chi connectivity index (χ0v) is 16.5. The van der Waals surface area contributed by atoms with Crippen molar-refractivity contribution in [2.45, 2.75) is 19.0 Å². The smallest absolute Gasteiger partial charge is 0.315 e. The molecule has 1 saturated heterocycles. The molecule has 2 heterocycles. The number of para-hydroxylation sites is 1. The van der Waals surface area contributed by atoms with E-state index in [0.29, 0.717) is 13.1 Å². The predicted octanol–water partition coefficient (Wildman–Crippen LogP) is 3.22. The summed E-state index contributed by atoms with van der Waals surface area (Å²) >= 11 is 0. The average molecular weight is 390 g/mol. The quantitative estimate of drug-likeness (QED) is 0.543. The molecule has 3 N–H and O–H groups in total. The molecule has 2 aromatic carbocycles. The van der Waals surface area contributed by atoms with Crippen molar-refractivity contribution >= 4 is 22.8 Å². The first-order valence-corrected chi connectivity index (χ1v) is 10.2. The number of likely N-dealkylation sites (tertiary alicyclic amines) is 1. The number of carbonyl (C=O) groups excluding carboxylic acids is 1. The third-order valence-electron chi connectivity index (χ3n) is 5.17. The van der Waals surface area contributed by atoms with Gasteiger partial charge in [-0.05, 0) is 30.2 Å². The summed E-state index contributed by atoms with van der Waals surface area (Å²) in [5.41, 5.74) is 2.27. The van der Waals surface area contributed by atoms with Crippen molar-refractivity contribution in [2.75, 3.05) is 31.5 Å². The summed E-state index contributed by atoms with van der Waals surface area (Å²) < 4.78 is 0. The lowest BCUT2D eigenvalue weighted by molar-refractivity contribution is 0.236. The number of urea groups is 1. The number of hydrogen-bond donors (Lipinski definition) is 3. The van der Waals surface area contributed by atoms with Gasteiger partial charge in [-0.15, -0.1) is 0 Å². The van der Waals surface area contributed by atoms with Crippen molar-refractivity contribution in [3.63, 3.8) is 0 Å². The number of nitrogens with one attached hydrogen (secondary N) is 3. The molecule has 150 valence electrons. The van der Waals surface area contributed by atoms with E-state index in [1.54, 1.807) is 0 Å². The number of carbonyl (C=O) groups is 1. The zero-order chi connectivity index (χ0) is 19.9. The van der Waals surface area contributed by atoms with Gasteiger partial charge in [-0.25, -0.2) is 9.78 Å². The maximum Gasteiger partial charge on any atom is 0.315 e. The molecule has 0 bridgehead atoms. The molecule has 6 nitrogen and oxygen atoms in total. The number of hydrogen-bond acceptors (Lipinski definition) is 4. The van der Waals surface area contributed by atoms with Crippen molar-refractivity contribution in [3.05, 3.63) is 72.3 Å². The highest BCUT2D eigenvalue weighted by Crippen LogP contribution is 2.14. The second-order valence-corrected chi connectivity index (χ2v) is 7.42. The topological polar surface area (TPSA) is 69.3 Å². The Kier molecular flexibility index (Phi) is 6.22. The summed E-state index contributed by atoms with van der Waals surface area (Å²) in [7, 11) is 0. The van der Waals surface area contributed by atoms with Crippen LogP contribution in [0.3, 0.4) is 0 Å². The molecule has 1 aromatic heterocycles. The van der Waals surface area contributed by atoms with Crippen LogP contribution in [0.15, 0.2) is 66.7 Å². The van der Waals surface area contributed by atoms with Crippen LogP contribution in [0.4, 0.5) is 10.6 Å². The summed E-state index contributed by atoms with van der Waals surface area (Å²) in [4.78, 5) is 19.1. The van der Waals surface area contributed by atoms with Crippen LogP contribution in [0.2, 0.25) is 0 Å². The van der Waals surface area contributed by atoms with Gasteiger partial charge in [0.25, 0.3) is 0 Å². The number of pyridine rings is 1. The van der Waals surface area contributed by atoms with Gasteiger partial charge in [0.15, 0.2) is 0 Å².